The SMILES string of the molecule is Cc1ccc(-c2nn(Cc3ccccc3)cc2C(=O)OCC(=O)NC(C)(C)C)cc1. The molecule has 3 rings (SSSR count). The Bertz CT molecular complexity index is 1020. The standard InChI is InChI=1S/C24H27N3O3/c1-17-10-12-19(13-11-17)22-20(23(29)30-16-21(28)25-24(2,3)4)15-27(26-22)14-18-8-6-5-7-9-18/h5-13,15H,14,16H2,1-4H3,(H,25,28). The highest BCUT2D eigenvalue weighted by Gasteiger charge is 2.21. The molecule has 0 aliphatic heterocycles. The maximum absolute atomic E-state index is 12.8. The van der Waals surface area contributed by atoms with Crippen LogP contribution < -0.4 is 5.32 Å². The summed E-state index contributed by atoms with van der Waals surface area (Å²) in [6, 6.07) is 17.7. The highest BCUT2D eigenvalue weighted by atomic mass is 16.5. The van der Waals surface area contributed by atoms with Gasteiger partial charge in [-0.1, -0.05) is 60.2 Å². The average molecular weight is 405 g/mol. The predicted octanol–water partition coefficient (Wildman–Crippen LogP) is 3.98. The first-order valence-corrected chi connectivity index (χ1v) is 9.88. The molecule has 3 aromatic rings. The highest BCUT2D eigenvalue weighted by Crippen LogP contribution is 2.24. The van der Waals surface area contributed by atoms with Gasteiger partial charge in [0.25, 0.3) is 5.91 Å². The third kappa shape index (κ3) is 5.80. The number of nitrogens with zero attached hydrogens (tertiary/aromatic N) is 2. The maximum Gasteiger partial charge on any atom is 0.342 e. The number of aromatic nitrogens is 2. The molecule has 156 valence electrons. The lowest BCUT2D eigenvalue weighted by Gasteiger charge is -2.20. The van der Waals surface area contributed by atoms with Crippen LogP contribution in [0.3, 0.4) is 0 Å². The normalized spacial score (nSPS) is 11.2. The van der Waals surface area contributed by atoms with Gasteiger partial charge in [0.1, 0.15) is 11.3 Å². The van der Waals surface area contributed by atoms with Crippen molar-refractivity contribution in [3.05, 3.63) is 77.5 Å². The first kappa shape index (κ1) is 21.3. The summed E-state index contributed by atoms with van der Waals surface area (Å²) in [6.07, 6.45) is 1.67. The third-order valence-corrected chi connectivity index (χ3v) is 4.34. The van der Waals surface area contributed by atoms with Gasteiger partial charge in [0.15, 0.2) is 6.61 Å². The van der Waals surface area contributed by atoms with Crippen molar-refractivity contribution >= 4 is 11.9 Å². The molecule has 0 unspecified atom stereocenters. The molecule has 6 heteroatoms. The number of hydrogen-bond donors (Lipinski definition) is 1. The Hall–Kier alpha value is -3.41. The minimum absolute atomic E-state index is 0.332. The molecule has 0 radical (unpaired) electrons. The summed E-state index contributed by atoms with van der Waals surface area (Å²) < 4.78 is 7.00. The first-order valence-electron chi connectivity index (χ1n) is 9.88. The van der Waals surface area contributed by atoms with Gasteiger partial charge >= 0.3 is 5.97 Å². The number of amides is 1. The molecular formula is C24H27N3O3. The zero-order valence-corrected chi connectivity index (χ0v) is 17.8. The zero-order valence-electron chi connectivity index (χ0n) is 17.8. The van der Waals surface area contributed by atoms with E-state index >= 15 is 0 Å². The Morgan fingerprint density at radius 3 is 2.33 bits per heavy atom. The smallest absolute Gasteiger partial charge is 0.342 e. The van der Waals surface area contributed by atoms with Crippen LogP contribution in [0.4, 0.5) is 0 Å². The van der Waals surface area contributed by atoms with Gasteiger partial charge in [0.2, 0.25) is 0 Å². The summed E-state index contributed by atoms with van der Waals surface area (Å²) in [7, 11) is 0. The summed E-state index contributed by atoms with van der Waals surface area (Å²) in [5.41, 5.74) is 3.48. The Labute approximate surface area is 176 Å². The van der Waals surface area contributed by atoms with Crippen molar-refractivity contribution < 1.29 is 14.3 Å². The van der Waals surface area contributed by atoms with E-state index < -0.39 is 11.5 Å². The Morgan fingerprint density at radius 2 is 1.70 bits per heavy atom. The van der Waals surface area contributed by atoms with Crippen LogP contribution in [0.1, 0.15) is 42.3 Å². The molecule has 1 amide bonds. The van der Waals surface area contributed by atoms with Gasteiger partial charge in [-0.3, -0.25) is 9.48 Å². The van der Waals surface area contributed by atoms with Crippen molar-refractivity contribution in [2.75, 3.05) is 6.61 Å². The lowest BCUT2D eigenvalue weighted by Crippen LogP contribution is -2.42. The number of carbonyl (C=O) groups is 2. The summed E-state index contributed by atoms with van der Waals surface area (Å²) >= 11 is 0. The molecule has 0 spiro atoms. The molecule has 0 atom stereocenters. The molecule has 1 aromatic heterocycles. The summed E-state index contributed by atoms with van der Waals surface area (Å²) in [4.78, 5) is 24.8. The van der Waals surface area contributed by atoms with Crippen LogP contribution in [0.2, 0.25) is 0 Å². The van der Waals surface area contributed by atoms with Crippen molar-refractivity contribution in [2.24, 2.45) is 0 Å². The number of nitrogens with one attached hydrogen (secondary N) is 1. The Morgan fingerprint density at radius 1 is 1.03 bits per heavy atom. The van der Waals surface area contributed by atoms with Crippen LogP contribution in [0, 0.1) is 6.92 Å². The van der Waals surface area contributed by atoms with Gasteiger partial charge < -0.3 is 10.1 Å². The van der Waals surface area contributed by atoms with Crippen molar-refractivity contribution in [3.63, 3.8) is 0 Å². The lowest BCUT2D eigenvalue weighted by atomic mass is 10.1. The summed E-state index contributed by atoms with van der Waals surface area (Å²) in [5.74, 6) is -0.918. The van der Waals surface area contributed by atoms with Gasteiger partial charge in [-0.2, -0.15) is 5.10 Å². The fourth-order valence-electron chi connectivity index (χ4n) is 3.01. The lowest BCUT2D eigenvalue weighted by molar-refractivity contribution is -0.125. The molecule has 0 aliphatic carbocycles. The molecular weight excluding hydrogens is 378 g/mol. The number of carbonyl (C=O) groups excluding carboxylic acids is 2. The Balaban J connectivity index is 1.84. The van der Waals surface area contributed by atoms with E-state index in [0.29, 0.717) is 17.8 Å². The zero-order chi connectivity index (χ0) is 21.7. The van der Waals surface area contributed by atoms with Crippen LogP contribution in [-0.4, -0.2) is 33.8 Å². The topological polar surface area (TPSA) is 73.2 Å². The molecule has 0 aliphatic rings. The fourth-order valence-corrected chi connectivity index (χ4v) is 3.01. The van der Waals surface area contributed by atoms with E-state index in [9.17, 15) is 9.59 Å². The molecule has 30 heavy (non-hydrogen) atoms. The second-order valence-electron chi connectivity index (χ2n) is 8.31. The minimum Gasteiger partial charge on any atom is -0.452 e. The number of hydrogen-bond acceptors (Lipinski definition) is 4. The van der Waals surface area contributed by atoms with E-state index in [2.05, 4.69) is 10.4 Å². The van der Waals surface area contributed by atoms with Crippen molar-refractivity contribution in [1.29, 1.82) is 0 Å². The van der Waals surface area contributed by atoms with Crippen LogP contribution in [-0.2, 0) is 16.1 Å². The van der Waals surface area contributed by atoms with Gasteiger partial charge in [0, 0.05) is 17.3 Å². The number of rotatable bonds is 6. The van der Waals surface area contributed by atoms with Crippen molar-refractivity contribution in [1.82, 2.24) is 15.1 Å². The van der Waals surface area contributed by atoms with Crippen LogP contribution >= 0.6 is 0 Å². The van der Waals surface area contributed by atoms with Gasteiger partial charge in [-0.05, 0) is 33.3 Å². The second kappa shape index (κ2) is 8.95. The molecule has 1 heterocycles. The van der Waals surface area contributed by atoms with E-state index in [-0.39, 0.29) is 12.5 Å². The molecule has 2 aromatic carbocycles. The van der Waals surface area contributed by atoms with E-state index in [4.69, 9.17) is 4.74 Å². The van der Waals surface area contributed by atoms with Crippen molar-refractivity contribution in [2.45, 2.75) is 39.8 Å². The third-order valence-electron chi connectivity index (χ3n) is 4.34. The van der Waals surface area contributed by atoms with Gasteiger partial charge in [-0.25, -0.2) is 4.79 Å². The molecule has 1 N–H and O–H groups in total. The predicted molar refractivity (Wildman–Crippen MR) is 116 cm³/mol. The first-order chi connectivity index (χ1) is 14.2. The van der Waals surface area contributed by atoms with Gasteiger partial charge in [-0.15, -0.1) is 0 Å². The molecule has 0 fully saturated rings. The highest BCUT2D eigenvalue weighted by molar-refractivity contribution is 5.97. The van der Waals surface area contributed by atoms with Crippen LogP contribution in [0.25, 0.3) is 11.3 Å². The van der Waals surface area contributed by atoms with Crippen LogP contribution in [0.5, 0.6) is 0 Å². The minimum atomic E-state index is -0.575. The maximum atomic E-state index is 12.8. The number of esters is 1. The average Bonchev–Trinajstić information content (AvgIpc) is 3.10. The van der Waals surface area contributed by atoms with Crippen LogP contribution in [0.15, 0.2) is 60.8 Å². The monoisotopic (exact) mass is 405 g/mol. The summed E-state index contributed by atoms with van der Waals surface area (Å²) in [6.45, 7) is 7.80. The Kier molecular flexibility index (Phi) is 6.35. The van der Waals surface area contributed by atoms with E-state index in [0.717, 1.165) is 16.7 Å². The largest absolute Gasteiger partial charge is 0.452 e. The molecule has 6 nitrogen and oxygen atoms in total. The number of aryl methyl sites for hydroxylation is 1. The van der Waals surface area contributed by atoms with E-state index in [1.807, 2.05) is 82.3 Å². The number of ether oxygens (including phenoxy) is 1. The number of benzene rings is 2. The van der Waals surface area contributed by atoms with E-state index in [1.54, 1.807) is 10.9 Å². The molecule has 0 saturated heterocycles. The fraction of sp³-hybridized carbons (Fsp3) is 0.292. The van der Waals surface area contributed by atoms with Gasteiger partial charge in [0.05, 0.1) is 6.54 Å². The quantitative estimate of drug-likeness (QED) is 0.630. The van der Waals surface area contributed by atoms with Crippen molar-refractivity contribution in [3.8, 4) is 11.3 Å². The molecule has 0 bridgehead atoms. The summed E-state index contributed by atoms with van der Waals surface area (Å²) in [5, 5.41) is 7.41. The molecule has 0 saturated carbocycles. The van der Waals surface area contributed by atoms with E-state index in [1.165, 1.54) is 0 Å². The second-order valence-corrected chi connectivity index (χ2v) is 8.31.